The lowest BCUT2D eigenvalue weighted by molar-refractivity contribution is 0.0456. The minimum Gasteiger partial charge on any atom is -0.455 e. The second-order valence-corrected chi connectivity index (χ2v) is 9.50. The third-order valence-corrected chi connectivity index (χ3v) is 7.07. The van der Waals surface area contributed by atoms with Gasteiger partial charge in [-0.25, -0.2) is 9.78 Å². The Kier molecular flexibility index (Phi) is 4.89. The van der Waals surface area contributed by atoms with Crippen molar-refractivity contribution in [2.75, 3.05) is 6.26 Å². The number of ether oxygens (including phenoxy) is 1. The predicted octanol–water partition coefficient (Wildman–Crippen LogP) is 5.77. The molecule has 4 aromatic carbocycles. The van der Waals surface area contributed by atoms with Crippen LogP contribution in [-0.2, 0) is 22.1 Å². The average molecular weight is 465 g/mol. The van der Waals surface area contributed by atoms with Crippen LogP contribution in [0.5, 0.6) is 0 Å². The van der Waals surface area contributed by atoms with Crippen LogP contribution in [0.2, 0.25) is 0 Å². The third-order valence-electron chi connectivity index (χ3n) is 6.11. The molecule has 0 aliphatic carbocycles. The van der Waals surface area contributed by atoms with Crippen LogP contribution in [0.25, 0.3) is 39.0 Å². The molecule has 6 rings (SSSR count). The SMILES string of the molecule is CS(=O)c1cccc2c1-c1cccc3nc(C(=O)OCc4ccccc4)n(c13)-c1ccccc1-2. The molecule has 0 amide bonds. The molecule has 0 fully saturated rings. The Morgan fingerprint density at radius 1 is 0.853 bits per heavy atom. The summed E-state index contributed by atoms with van der Waals surface area (Å²) < 4.78 is 20.3. The molecule has 0 saturated carbocycles. The number of carbonyl (C=O) groups excluding carboxylic acids is 1. The van der Waals surface area contributed by atoms with Crippen LogP contribution in [0.1, 0.15) is 16.2 Å². The average Bonchev–Trinajstić information content (AvgIpc) is 3.21. The van der Waals surface area contributed by atoms with E-state index >= 15 is 0 Å². The van der Waals surface area contributed by atoms with E-state index in [9.17, 15) is 9.00 Å². The van der Waals surface area contributed by atoms with Gasteiger partial charge >= 0.3 is 5.97 Å². The molecular weight excluding hydrogens is 444 g/mol. The number of nitrogens with zero attached hydrogens (tertiary/aromatic N) is 2. The summed E-state index contributed by atoms with van der Waals surface area (Å²) in [7, 11) is -1.20. The fourth-order valence-corrected chi connectivity index (χ4v) is 5.43. The second-order valence-electron chi connectivity index (χ2n) is 8.16. The lowest BCUT2D eigenvalue weighted by Gasteiger charge is -2.14. The molecule has 6 heteroatoms. The van der Waals surface area contributed by atoms with Gasteiger partial charge in [0.2, 0.25) is 5.82 Å². The number of fused-ring (bicyclic) bond motifs is 5. The van der Waals surface area contributed by atoms with Crippen molar-refractivity contribution in [2.45, 2.75) is 11.5 Å². The largest absolute Gasteiger partial charge is 0.455 e. The standard InChI is InChI=1S/C28H20N2O3S/c1-34(32)24-16-8-12-20-19-11-5-6-15-23(19)30-26-21(25(20)24)13-7-14-22(26)29-27(30)28(31)33-17-18-9-3-2-4-10-18/h2-16H,17H2,1H3. The van der Waals surface area contributed by atoms with E-state index in [2.05, 4.69) is 0 Å². The Bertz CT molecular complexity index is 1610. The van der Waals surface area contributed by atoms with E-state index < -0.39 is 16.8 Å². The van der Waals surface area contributed by atoms with Gasteiger partial charge in [-0.2, -0.15) is 0 Å². The fourth-order valence-electron chi connectivity index (χ4n) is 4.66. The number of imidazole rings is 1. The van der Waals surface area contributed by atoms with Crippen molar-refractivity contribution in [3.8, 4) is 27.9 Å². The molecule has 1 aliphatic heterocycles. The van der Waals surface area contributed by atoms with Gasteiger partial charge in [-0.1, -0.05) is 72.8 Å². The van der Waals surface area contributed by atoms with Crippen molar-refractivity contribution in [2.24, 2.45) is 0 Å². The van der Waals surface area contributed by atoms with Gasteiger partial charge in [-0.3, -0.25) is 8.78 Å². The van der Waals surface area contributed by atoms with Crippen molar-refractivity contribution in [1.29, 1.82) is 0 Å². The molecule has 1 aliphatic rings. The molecule has 2 heterocycles. The number of rotatable bonds is 4. The molecular formula is C28H20N2O3S. The number of esters is 1. The van der Waals surface area contributed by atoms with Crippen molar-refractivity contribution >= 4 is 27.8 Å². The molecule has 1 aromatic heterocycles. The number of benzene rings is 4. The van der Waals surface area contributed by atoms with Crippen LogP contribution in [0.3, 0.4) is 0 Å². The maximum Gasteiger partial charge on any atom is 0.375 e. The van der Waals surface area contributed by atoms with Gasteiger partial charge in [-0.15, -0.1) is 0 Å². The highest BCUT2D eigenvalue weighted by Gasteiger charge is 2.29. The van der Waals surface area contributed by atoms with Crippen LogP contribution in [0, 0.1) is 0 Å². The Balaban J connectivity index is 1.61. The van der Waals surface area contributed by atoms with Crippen molar-refractivity contribution < 1.29 is 13.7 Å². The van der Waals surface area contributed by atoms with Gasteiger partial charge in [0.1, 0.15) is 6.61 Å². The van der Waals surface area contributed by atoms with Gasteiger partial charge < -0.3 is 4.74 Å². The quantitative estimate of drug-likeness (QED) is 0.311. The maximum atomic E-state index is 13.3. The van der Waals surface area contributed by atoms with Crippen LogP contribution >= 0.6 is 0 Å². The summed E-state index contributed by atoms with van der Waals surface area (Å²) in [6, 6.07) is 29.2. The second kappa shape index (κ2) is 8.08. The lowest BCUT2D eigenvalue weighted by atomic mass is 9.94. The maximum absolute atomic E-state index is 13.3. The number of para-hydroxylation sites is 2. The zero-order chi connectivity index (χ0) is 23.2. The van der Waals surface area contributed by atoms with Crippen LogP contribution in [-0.4, -0.2) is 26.0 Å². The molecule has 34 heavy (non-hydrogen) atoms. The summed E-state index contributed by atoms with van der Waals surface area (Å²) in [5.74, 6) is -0.274. The van der Waals surface area contributed by atoms with Crippen LogP contribution < -0.4 is 0 Å². The molecule has 0 bridgehead atoms. The number of hydrogen-bond acceptors (Lipinski definition) is 4. The van der Waals surface area contributed by atoms with Crippen LogP contribution in [0.15, 0.2) is 95.9 Å². The summed E-state index contributed by atoms with van der Waals surface area (Å²) in [4.78, 5) is 18.8. The molecule has 5 nitrogen and oxygen atoms in total. The van der Waals surface area contributed by atoms with E-state index in [1.807, 2.05) is 95.6 Å². The van der Waals surface area contributed by atoms with Crippen molar-refractivity contribution in [3.63, 3.8) is 0 Å². The first-order valence-electron chi connectivity index (χ1n) is 10.9. The summed E-state index contributed by atoms with van der Waals surface area (Å²) >= 11 is 0. The highest BCUT2D eigenvalue weighted by atomic mass is 32.2. The Labute approximate surface area is 199 Å². The summed E-state index contributed by atoms with van der Waals surface area (Å²) in [5.41, 5.74) is 6.95. The Morgan fingerprint density at radius 2 is 1.56 bits per heavy atom. The lowest BCUT2D eigenvalue weighted by Crippen LogP contribution is -2.13. The fraction of sp³-hybridized carbons (Fsp3) is 0.0714. The van der Waals surface area contributed by atoms with E-state index in [4.69, 9.17) is 9.72 Å². The third kappa shape index (κ3) is 3.18. The zero-order valence-corrected chi connectivity index (χ0v) is 19.2. The Morgan fingerprint density at radius 3 is 2.38 bits per heavy atom. The molecule has 0 saturated heterocycles. The topological polar surface area (TPSA) is 61.2 Å². The normalized spacial score (nSPS) is 12.5. The minimum atomic E-state index is -1.20. The number of carbonyl (C=O) groups is 1. The smallest absolute Gasteiger partial charge is 0.375 e. The zero-order valence-electron chi connectivity index (χ0n) is 18.4. The molecule has 0 N–H and O–H groups in total. The molecule has 166 valence electrons. The highest BCUT2D eigenvalue weighted by Crippen LogP contribution is 2.45. The molecule has 5 aromatic rings. The van der Waals surface area contributed by atoms with E-state index in [0.29, 0.717) is 5.52 Å². The van der Waals surface area contributed by atoms with Crippen LogP contribution in [0.4, 0.5) is 0 Å². The van der Waals surface area contributed by atoms with Gasteiger partial charge in [0.25, 0.3) is 0 Å². The monoisotopic (exact) mass is 464 g/mol. The number of aromatic nitrogens is 2. The van der Waals surface area contributed by atoms with E-state index in [1.165, 1.54) is 0 Å². The van der Waals surface area contributed by atoms with E-state index in [-0.39, 0.29) is 12.4 Å². The van der Waals surface area contributed by atoms with Gasteiger partial charge in [0, 0.05) is 27.8 Å². The molecule has 1 unspecified atom stereocenters. The molecule has 0 radical (unpaired) electrons. The minimum absolute atomic E-state index is 0.163. The summed E-state index contributed by atoms with van der Waals surface area (Å²) in [6.07, 6.45) is 1.69. The first-order chi connectivity index (χ1) is 16.6. The predicted molar refractivity (Wildman–Crippen MR) is 133 cm³/mol. The number of hydrogen-bond donors (Lipinski definition) is 0. The van der Waals surface area contributed by atoms with Crippen molar-refractivity contribution in [3.05, 3.63) is 102 Å². The first kappa shape index (κ1) is 20.6. The molecule has 1 atom stereocenters. The van der Waals surface area contributed by atoms with Gasteiger partial charge in [-0.05, 0) is 29.3 Å². The van der Waals surface area contributed by atoms with Gasteiger partial charge in [0.15, 0.2) is 0 Å². The summed E-state index contributed by atoms with van der Waals surface area (Å²) in [6.45, 7) is 0.163. The summed E-state index contributed by atoms with van der Waals surface area (Å²) in [5, 5.41) is 0. The molecule has 0 spiro atoms. The first-order valence-corrected chi connectivity index (χ1v) is 12.5. The van der Waals surface area contributed by atoms with E-state index in [0.717, 1.165) is 43.9 Å². The van der Waals surface area contributed by atoms with Crippen molar-refractivity contribution in [1.82, 2.24) is 9.55 Å². The highest BCUT2D eigenvalue weighted by molar-refractivity contribution is 7.84. The van der Waals surface area contributed by atoms with E-state index in [1.54, 1.807) is 6.26 Å². The van der Waals surface area contributed by atoms with Gasteiger partial charge in [0.05, 0.1) is 27.5 Å². The Hall–Kier alpha value is -4.03.